The number of carbonyl (C=O) groups is 2. The Morgan fingerprint density at radius 2 is 1.85 bits per heavy atom. The van der Waals surface area contributed by atoms with Crippen molar-refractivity contribution in [1.82, 2.24) is 29.4 Å². The fourth-order valence-electron chi connectivity index (χ4n) is 6.21. The molecule has 1 saturated heterocycles. The monoisotopic (exact) mass is 750 g/mol. The van der Waals surface area contributed by atoms with Crippen molar-refractivity contribution < 1.29 is 40.7 Å². The van der Waals surface area contributed by atoms with Gasteiger partial charge >= 0.3 is 12.3 Å². The maximum atomic E-state index is 13.2. The second kappa shape index (κ2) is 14.4. The lowest BCUT2D eigenvalue weighted by atomic mass is 9.93. The van der Waals surface area contributed by atoms with Gasteiger partial charge in [0.2, 0.25) is 5.88 Å². The van der Waals surface area contributed by atoms with E-state index in [1.165, 1.54) is 47.4 Å². The van der Waals surface area contributed by atoms with E-state index in [0.717, 1.165) is 19.3 Å². The molecule has 2 amide bonds. The lowest BCUT2D eigenvalue weighted by Gasteiger charge is -2.33. The number of likely N-dealkylation sites (tertiary alicyclic amines) is 1. The Morgan fingerprint density at radius 1 is 1.12 bits per heavy atom. The third kappa shape index (κ3) is 9.24. The molecule has 284 valence electrons. The molecule has 0 spiro atoms. The minimum atomic E-state index is -4.33. The zero-order valence-corrected chi connectivity index (χ0v) is 30.6. The number of pyridine rings is 2. The Balaban J connectivity index is 1.11. The fraction of sp³-hybridized carbons (Fsp3) is 0.559. The number of rotatable bonds is 13. The average molecular weight is 751 g/mol. The number of nitrogens with zero attached hydrogens (tertiary/aromatic N) is 5. The van der Waals surface area contributed by atoms with Gasteiger partial charge in [0.15, 0.2) is 5.82 Å². The average Bonchev–Trinajstić information content (AvgIpc) is 3.58. The summed E-state index contributed by atoms with van der Waals surface area (Å²) in [5, 5.41) is 7.27. The van der Waals surface area contributed by atoms with Crippen molar-refractivity contribution in [1.29, 1.82) is 0 Å². The van der Waals surface area contributed by atoms with Crippen LogP contribution >= 0.6 is 0 Å². The first-order valence-electron chi connectivity index (χ1n) is 17.0. The van der Waals surface area contributed by atoms with Crippen LogP contribution in [0.25, 0.3) is 5.82 Å². The molecule has 1 aliphatic heterocycles. The predicted molar refractivity (Wildman–Crippen MR) is 185 cm³/mol. The lowest BCUT2D eigenvalue weighted by Crippen LogP contribution is -2.45. The normalized spacial score (nSPS) is 18.2. The number of nitrogens with two attached hydrogens (primary N) is 1. The van der Waals surface area contributed by atoms with Crippen molar-refractivity contribution in [2.75, 3.05) is 30.7 Å². The van der Waals surface area contributed by atoms with Crippen LogP contribution in [0.4, 0.5) is 29.6 Å². The van der Waals surface area contributed by atoms with Crippen LogP contribution in [0.5, 0.6) is 5.88 Å². The maximum absolute atomic E-state index is 13.2. The number of alkyl halides is 3. The van der Waals surface area contributed by atoms with E-state index in [1.54, 1.807) is 4.90 Å². The Hall–Kier alpha value is -4.61. The Kier molecular flexibility index (Phi) is 10.7. The smallest absolute Gasteiger partial charge is 0.410 e. The number of nitrogen functional groups attached to an aromatic ring is 1. The zero-order chi connectivity index (χ0) is 38.1. The van der Waals surface area contributed by atoms with Gasteiger partial charge in [0.25, 0.3) is 15.9 Å². The summed E-state index contributed by atoms with van der Waals surface area (Å²) in [5.41, 5.74) is 3.21. The third-order valence-corrected chi connectivity index (χ3v) is 10.5. The highest BCUT2D eigenvalue weighted by Gasteiger charge is 2.62. The van der Waals surface area contributed by atoms with Crippen molar-refractivity contribution in [3.63, 3.8) is 0 Å². The molecule has 3 aromatic rings. The van der Waals surface area contributed by atoms with Crippen LogP contribution in [0.2, 0.25) is 0 Å². The molecule has 1 atom stereocenters. The molecule has 1 unspecified atom stereocenters. The number of anilines is 2. The SMILES string of the molecule is CC(C)(C)OC(=O)N1CC(CCCNc2cc(S(=O)(=O)NC(=O)c3ccc(-n4ccc(OCCC5(C(F)(F)F)CC5)n4)nc3N)ccn2)CC1(C)C. The molecule has 18 heteroatoms. The van der Waals surface area contributed by atoms with Gasteiger partial charge < -0.3 is 25.4 Å². The standard InChI is InChI=1S/C34H45F3N8O6S/c1-31(2,3)51-30(47)44-21-22(20-32(44,4)5)7-6-15-39-25-19-23(10-16-40-25)52(48,49)43-29(46)24-8-9-26(41-28(24)38)45-17-11-27(42-45)50-18-14-33(12-13-33)34(35,36)37/h8-11,16-17,19,22H,6-7,12-15,18,20-21H2,1-5H3,(H2,38,41)(H,39,40)(H,43,46). The molecule has 5 rings (SSSR count). The predicted octanol–water partition coefficient (Wildman–Crippen LogP) is 5.70. The molecule has 0 radical (unpaired) electrons. The van der Waals surface area contributed by atoms with Crippen molar-refractivity contribution in [2.24, 2.45) is 11.3 Å². The van der Waals surface area contributed by atoms with E-state index >= 15 is 0 Å². The highest BCUT2D eigenvalue weighted by atomic mass is 32.2. The highest BCUT2D eigenvalue weighted by Crippen LogP contribution is 2.59. The molecule has 0 bridgehead atoms. The molecule has 14 nitrogen and oxygen atoms in total. The number of amides is 2. The van der Waals surface area contributed by atoms with E-state index in [4.69, 9.17) is 15.2 Å². The molecule has 1 saturated carbocycles. The number of hydrogen-bond donors (Lipinski definition) is 3. The van der Waals surface area contributed by atoms with Gasteiger partial charge in [-0.05, 0) is 97.3 Å². The number of sulfonamides is 1. The summed E-state index contributed by atoms with van der Waals surface area (Å²) in [4.78, 5) is 35.6. The maximum Gasteiger partial charge on any atom is 0.410 e. The first kappa shape index (κ1) is 38.6. The second-order valence-corrected chi connectivity index (χ2v) is 16.6. The summed E-state index contributed by atoms with van der Waals surface area (Å²) in [6.45, 7) is 10.5. The largest absolute Gasteiger partial charge is 0.477 e. The molecular formula is C34H45F3N8O6S. The van der Waals surface area contributed by atoms with Gasteiger partial charge in [-0.3, -0.25) is 4.79 Å². The Morgan fingerprint density at radius 3 is 2.50 bits per heavy atom. The van der Waals surface area contributed by atoms with Crippen molar-refractivity contribution in [3.05, 3.63) is 48.3 Å². The van der Waals surface area contributed by atoms with Crippen molar-refractivity contribution >= 4 is 33.7 Å². The minimum absolute atomic E-state index is 0.0832. The van der Waals surface area contributed by atoms with Gasteiger partial charge in [0.05, 0.1) is 22.5 Å². The van der Waals surface area contributed by atoms with Crippen LogP contribution in [-0.4, -0.2) is 82.1 Å². The highest BCUT2D eigenvalue weighted by molar-refractivity contribution is 7.90. The number of hydrogen-bond acceptors (Lipinski definition) is 11. The van der Waals surface area contributed by atoms with E-state index in [-0.39, 0.29) is 71.4 Å². The lowest BCUT2D eigenvalue weighted by molar-refractivity contribution is -0.190. The molecule has 2 aliphatic rings. The summed E-state index contributed by atoms with van der Waals surface area (Å²) in [6.07, 6.45) is 0.584. The number of carbonyl (C=O) groups excluding carboxylic acids is 2. The Labute approximate surface area is 300 Å². The fourth-order valence-corrected chi connectivity index (χ4v) is 7.19. The summed E-state index contributed by atoms with van der Waals surface area (Å²) >= 11 is 0. The molecule has 1 aliphatic carbocycles. The van der Waals surface area contributed by atoms with E-state index in [0.29, 0.717) is 18.9 Å². The topological polar surface area (TPSA) is 184 Å². The van der Waals surface area contributed by atoms with Gasteiger partial charge in [0.1, 0.15) is 17.2 Å². The van der Waals surface area contributed by atoms with Gasteiger partial charge in [-0.1, -0.05) is 0 Å². The van der Waals surface area contributed by atoms with Crippen LogP contribution in [0.15, 0.2) is 47.6 Å². The number of aromatic nitrogens is 4. The van der Waals surface area contributed by atoms with Crippen LogP contribution in [-0.2, 0) is 14.8 Å². The zero-order valence-electron chi connectivity index (χ0n) is 29.8. The summed E-state index contributed by atoms with van der Waals surface area (Å²) in [6, 6.07) is 6.68. The summed E-state index contributed by atoms with van der Waals surface area (Å²) < 4.78 is 80.0. The molecule has 2 fully saturated rings. The van der Waals surface area contributed by atoms with Gasteiger partial charge in [-0.15, -0.1) is 5.10 Å². The second-order valence-electron chi connectivity index (χ2n) is 14.9. The number of nitrogens with one attached hydrogen (secondary N) is 2. The van der Waals surface area contributed by atoms with Crippen molar-refractivity contribution in [3.8, 4) is 11.7 Å². The van der Waals surface area contributed by atoms with Crippen LogP contribution in [0, 0.1) is 11.3 Å². The first-order valence-corrected chi connectivity index (χ1v) is 18.5. The van der Waals surface area contributed by atoms with Crippen LogP contribution in [0.1, 0.15) is 83.5 Å². The van der Waals surface area contributed by atoms with Crippen molar-refractivity contribution in [2.45, 2.75) is 95.4 Å². The number of halogens is 3. The van der Waals surface area contributed by atoms with Crippen LogP contribution in [0.3, 0.4) is 0 Å². The van der Waals surface area contributed by atoms with E-state index in [9.17, 15) is 31.2 Å². The minimum Gasteiger partial charge on any atom is -0.477 e. The summed E-state index contributed by atoms with van der Waals surface area (Å²) in [7, 11) is -4.33. The van der Waals surface area contributed by atoms with E-state index in [1.807, 2.05) is 39.3 Å². The van der Waals surface area contributed by atoms with Gasteiger partial charge in [0, 0.05) is 43.2 Å². The van der Waals surface area contributed by atoms with Crippen LogP contribution < -0.4 is 20.5 Å². The van der Waals surface area contributed by atoms with Gasteiger partial charge in [-0.25, -0.2) is 32.6 Å². The molecule has 52 heavy (non-hydrogen) atoms. The quantitative estimate of drug-likeness (QED) is 0.182. The summed E-state index contributed by atoms with van der Waals surface area (Å²) in [5.74, 6) is -0.449. The Bertz CT molecular complexity index is 1890. The first-order chi connectivity index (χ1) is 24.2. The molecule has 3 aromatic heterocycles. The van der Waals surface area contributed by atoms with E-state index in [2.05, 4.69) is 20.4 Å². The molecule has 4 heterocycles. The molecule has 0 aromatic carbocycles. The van der Waals surface area contributed by atoms with Gasteiger partial charge in [-0.2, -0.15) is 13.2 Å². The third-order valence-electron chi connectivity index (χ3n) is 9.18. The van der Waals surface area contributed by atoms with E-state index < -0.39 is 33.1 Å². The molecule has 4 N–H and O–H groups in total. The molecular weight excluding hydrogens is 705 g/mol. The number of ether oxygens (including phenoxy) is 2.